The number of aliphatic hydroxyl groups excluding tert-OH is 8. The van der Waals surface area contributed by atoms with Gasteiger partial charge in [-0.2, -0.15) is 0 Å². The second-order valence-corrected chi connectivity index (χ2v) is 22.2. The van der Waals surface area contributed by atoms with Gasteiger partial charge in [-0.05, 0) is 12.8 Å². The van der Waals surface area contributed by atoms with Gasteiger partial charge in [-0.1, -0.05) is 258 Å². The van der Waals surface area contributed by atoms with Crippen molar-refractivity contribution in [3.63, 3.8) is 0 Å². The lowest BCUT2D eigenvalue weighted by atomic mass is 9.97. The van der Waals surface area contributed by atoms with Gasteiger partial charge in [0.25, 0.3) is 0 Å². The van der Waals surface area contributed by atoms with Crippen molar-refractivity contribution >= 4 is 5.91 Å². The van der Waals surface area contributed by atoms with E-state index in [2.05, 4.69) is 19.2 Å². The van der Waals surface area contributed by atoms with Crippen LogP contribution in [0.15, 0.2) is 0 Å². The second kappa shape index (κ2) is 46.0. The van der Waals surface area contributed by atoms with Crippen LogP contribution in [0, 0.1) is 0 Å². The zero-order valence-electron chi connectivity index (χ0n) is 46.7. The minimum absolute atomic E-state index is 0.200. The standard InChI is InChI=1S/C59H115NO13/c1-3-5-7-9-11-13-15-17-19-20-21-22-23-24-25-26-27-28-29-31-33-35-37-39-41-43-51(64)60-47(48(63)42-40-38-36-34-32-30-18-16-14-12-10-8-6-4-2)46-70-58-56(69)54(67)57(50(45-62)72-58)73-59-55(68)53(66)52(65)49(44-61)71-59/h47-50,52-59,61-63,65-69H,3-46H2,1-2H3,(H,60,64). The highest BCUT2D eigenvalue weighted by Gasteiger charge is 2.51. The summed E-state index contributed by atoms with van der Waals surface area (Å²) in [6.07, 6.45) is 34.0. The van der Waals surface area contributed by atoms with Gasteiger partial charge in [0.05, 0.1) is 32.0 Å². The summed E-state index contributed by atoms with van der Waals surface area (Å²) in [5.41, 5.74) is 0. The van der Waals surface area contributed by atoms with E-state index in [1.807, 2.05) is 0 Å². The lowest BCUT2D eigenvalue weighted by molar-refractivity contribution is -0.359. The number of aliphatic hydroxyl groups is 8. The number of amides is 1. The summed E-state index contributed by atoms with van der Waals surface area (Å²) < 4.78 is 22.8. The maximum Gasteiger partial charge on any atom is 0.220 e. The van der Waals surface area contributed by atoms with Crippen LogP contribution in [0.1, 0.15) is 277 Å². The van der Waals surface area contributed by atoms with E-state index in [-0.39, 0.29) is 12.5 Å². The molecule has 0 spiro atoms. The molecular weight excluding hydrogens is 931 g/mol. The van der Waals surface area contributed by atoms with Gasteiger partial charge in [0.1, 0.15) is 48.8 Å². The largest absolute Gasteiger partial charge is 0.394 e. The molecule has 14 nitrogen and oxygen atoms in total. The van der Waals surface area contributed by atoms with Gasteiger partial charge in [0.2, 0.25) is 5.91 Å². The molecule has 0 radical (unpaired) electrons. The maximum absolute atomic E-state index is 13.3. The Balaban J connectivity index is 1.69. The quantitative estimate of drug-likeness (QED) is 0.0259. The molecule has 0 aromatic rings. The van der Waals surface area contributed by atoms with E-state index in [4.69, 9.17) is 18.9 Å². The monoisotopic (exact) mass is 1050 g/mol. The molecule has 73 heavy (non-hydrogen) atoms. The Kier molecular flexibility index (Phi) is 42.9. The number of unbranched alkanes of at least 4 members (excludes halogenated alkanes) is 37. The van der Waals surface area contributed by atoms with Crippen molar-refractivity contribution in [3.05, 3.63) is 0 Å². The first-order valence-corrected chi connectivity index (χ1v) is 30.8. The molecule has 2 heterocycles. The molecule has 0 saturated carbocycles. The van der Waals surface area contributed by atoms with E-state index in [9.17, 15) is 45.6 Å². The van der Waals surface area contributed by atoms with Crippen LogP contribution in [0.3, 0.4) is 0 Å². The first-order valence-electron chi connectivity index (χ1n) is 30.8. The SMILES string of the molecule is CCCCCCCCCCCCCCCCCCCCCCCCCCCC(=O)NC(COC1OC(CO)C(OC2OC(CO)C(O)C(O)C2O)C(O)C1O)C(O)CCCCCCCCCCCCCCCC. The fraction of sp³-hybridized carbons (Fsp3) is 0.983. The van der Waals surface area contributed by atoms with E-state index < -0.39 is 86.8 Å². The number of carbonyl (C=O) groups excluding carboxylic acids is 1. The van der Waals surface area contributed by atoms with Gasteiger partial charge in [-0.15, -0.1) is 0 Å². The van der Waals surface area contributed by atoms with E-state index >= 15 is 0 Å². The molecule has 14 heteroatoms. The molecule has 12 unspecified atom stereocenters. The summed E-state index contributed by atoms with van der Waals surface area (Å²) in [7, 11) is 0. The predicted molar refractivity (Wildman–Crippen MR) is 291 cm³/mol. The molecule has 0 aromatic heterocycles. The van der Waals surface area contributed by atoms with Crippen LogP contribution < -0.4 is 5.32 Å². The van der Waals surface area contributed by atoms with Crippen LogP contribution in [0.5, 0.6) is 0 Å². The van der Waals surface area contributed by atoms with E-state index in [1.54, 1.807) is 0 Å². The van der Waals surface area contributed by atoms with Crippen molar-refractivity contribution in [2.75, 3.05) is 19.8 Å². The van der Waals surface area contributed by atoms with Gasteiger partial charge in [-0.25, -0.2) is 0 Å². The van der Waals surface area contributed by atoms with Gasteiger partial charge in [0, 0.05) is 6.42 Å². The molecule has 2 aliphatic heterocycles. The number of hydrogen-bond acceptors (Lipinski definition) is 13. The first-order chi connectivity index (χ1) is 35.6. The topological polar surface area (TPSA) is 228 Å². The van der Waals surface area contributed by atoms with E-state index in [0.29, 0.717) is 12.8 Å². The number of rotatable bonds is 50. The zero-order chi connectivity index (χ0) is 53.2. The number of ether oxygens (including phenoxy) is 4. The highest BCUT2D eigenvalue weighted by atomic mass is 16.7. The molecular formula is C59H115NO13. The maximum atomic E-state index is 13.3. The summed E-state index contributed by atoms with van der Waals surface area (Å²) in [4.78, 5) is 13.3. The van der Waals surface area contributed by atoms with Crippen LogP contribution in [0.2, 0.25) is 0 Å². The van der Waals surface area contributed by atoms with Crippen LogP contribution >= 0.6 is 0 Å². The summed E-state index contributed by atoms with van der Waals surface area (Å²) in [5, 5.41) is 87.2. The number of nitrogens with one attached hydrogen (secondary N) is 1. The van der Waals surface area contributed by atoms with Crippen LogP contribution in [-0.2, 0) is 23.7 Å². The van der Waals surface area contributed by atoms with E-state index in [0.717, 1.165) is 51.4 Å². The molecule has 2 saturated heterocycles. The molecule has 0 bridgehead atoms. The molecule has 2 fully saturated rings. The Hall–Kier alpha value is -1.01. The van der Waals surface area contributed by atoms with Crippen LogP contribution in [-0.4, -0.2) is 140 Å². The van der Waals surface area contributed by atoms with Gasteiger partial charge in [0.15, 0.2) is 12.6 Å². The summed E-state index contributed by atoms with van der Waals surface area (Å²) in [6, 6.07) is -0.822. The molecule has 2 rings (SSSR count). The third-order valence-electron chi connectivity index (χ3n) is 15.6. The average Bonchev–Trinajstić information content (AvgIpc) is 3.39. The summed E-state index contributed by atoms with van der Waals surface area (Å²) >= 11 is 0. The third kappa shape index (κ3) is 31.9. The average molecular weight is 1050 g/mol. The van der Waals surface area contributed by atoms with Crippen molar-refractivity contribution < 1.29 is 64.6 Å². The highest BCUT2D eigenvalue weighted by molar-refractivity contribution is 5.76. The first kappa shape index (κ1) is 68.1. The normalized spacial score (nSPS) is 25.3. The minimum atomic E-state index is -1.78. The van der Waals surface area contributed by atoms with Gasteiger partial charge in [-0.3, -0.25) is 4.79 Å². The fourth-order valence-corrected chi connectivity index (χ4v) is 10.6. The molecule has 0 aliphatic carbocycles. The Morgan fingerprint density at radius 3 is 1.16 bits per heavy atom. The van der Waals surface area contributed by atoms with Crippen molar-refractivity contribution in [3.8, 4) is 0 Å². The predicted octanol–water partition coefficient (Wildman–Crippen LogP) is 10.5. The Bertz CT molecular complexity index is 1230. The van der Waals surface area contributed by atoms with Crippen molar-refractivity contribution in [1.82, 2.24) is 5.32 Å². The lowest BCUT2D eigenvalue weighted by Gasteiger charge is -2.46. The minimum Gasteiger partial charge on any atom is -0.394 e. The highest BCUT2D eigenvalue weighted by Crippen LogP contribution is 2.30. The van der Waals surface area contributed by atoms with Crippen LogP contribution in [0.25, 0.3) is 0 Å². The van der Waals surface area contributed by atoms with Gasteiger partial charge < -0.3 is 65.1 Å². The molecule has 12 atom stereocenters. The lowest BCUT2D eigenvalue weighted by Crippen LogP contribution is -2.65. The summed E-state index contributed by atoms with van der Waals surface area (Å²) in [6.45, 7) is 2.90. The number of carbonyl (C=O) groups is 1. The third-order valence-corrected chi connectivity index (χ3v) is 15.6. The van der Waals surface area contributed by atoms with Crippen molar-refractivity contribution in [2.45, 2.75) is 351 Å². The smallest absolute Gasteiger partial charge is 0.220 e. The Labute approximate surface area is 444 Å². The molecule has 0 aromatic carbocycles. The van der Waals surface area contributed by atoms with Gasteiger partial charge >= 0.3 is 0 Å². The van der Waals surface area contributed by atoms with E-state index in [1.165, 1.54) is 199 Å². The Morgan fingerprint density at radius 2 is 0.781 bits per heavy atom. The number of hydrogen-bond donors (Lipinski definition) is 9. The molecule has 1 amide bonds. The fourth-order valence-electron chi connectivity index (χ4n) is 10.6. The molecule has 9 N–H and O–H groups in total. The molecule has 434 valence electrons. The second-order valence-electron chi connectivity index (χ2n) is 22.2. The van der Waals surface area contributed by atoms with Crippen LogP contribution in [0.4, 0.5) is 0 Å². The summed E-state index contributed by atoms with van der Waals surface area (Å²) in [5.74, 6) is -0.200. The molecule has 2 aliphatic rings. The zero-order valence-corrected chi connectivity index (χ0v) is 46.7. The van der Waals surface area contributed by atoms with Crippen molar-refractivity contribution in [2.24, 2.45) is 0 Å². The Morgan fingerprint density at radius 1 is 0.438 bits per heavy atom. The van der Waals surface area contributed by atoms with Crippen molar-refractivity contribution in [1.29, 1.82) is 0 Å².